The van der Waals surface area contributed by atoms with E-state index in [-0.39, 0.29) is 23.9 Å². The van der Waals surface area contributed by atoms with E-state index in [0.717, 1.165) is 37.3 Å². The molecular formula is C21H23ClN4O2S. The van der Waals surface area contributed by atoms with Gasteiger partial charge in [0.2, 0.25) is 5.91 Å². The largest absolute Gasteiger partial charge is 0.354 e. The predicted octanol–water partition coefficient (Wildman–Crippen LogP) is 2.11. The van der Waals surface area contributed by atoms with Crippen molar-refractivity contribution in [1.29, 1.82) is 0 Å². The van der Waals surface area contributed by atoms with Gasteiger partial charge in [0.15, 0.2) is 5.11 Å². The van der Waals surface area contributed by atoms with Crippen molar-refractivity contribution in [3.63, 3.8) is 0 Å². The Bertz CT molecular complexity index is 993. The Morgan fingerprint density at radius 3 is 2.76 bits per heavy atom. The molecule has 3 heterocycles. The van der Waals surface area contributed by atoms with Gasteiger partial charge in [0, 0.05) is 48.9 Å². The minimum atomic E-state index is -0.138. The summed E-state index contributed by atoms with van der Waals surface area (Å²) >= 11 is 11.7. The van der Waals surface area contributed by atoms with E-state index in [2.05, 4.69) is 15.5 Å². The van der Waals surface area contributed by atoms with Crippen LogP contribution in [0.1, 0.15) is 23.6 Å². The summed E-state index contributed by atoms with van der Waals surface area (Å²) in [4.78, 5) is 26.4. The number of benzene rings is 1. The molecule has 2 aliphatic rings. The van der Waals surface area contributed by atoms with Crippen molar-refractivity contribution >= 4 is 34.8 Å². The number of likely N-dealkylation sites (tertiary alicyclic amines) is 1. The number of rotatable bonds is 4. The summed E-state index contributed by atoms with van der Waals surface area (Å²) in [6.07, 6.45) is 1.07. The zero-order chi connectivity index (χ0) is 20.4. The molecule has 1 saturated heterocycles. The van der Waals surface area contributed by atoms with Crippen LogP contribution in [0.4, 0.5) is 0 Å². The van der Waals surface area contributed by atoms with Gasteiger partial charge in [0.1, 0.15) is 0 Å². The number of pyridine rings is 1. The maximum Gasteiger partial charge on any atom is 0.250 e. The molecule has 0 radical (unpaired) electrons. The molecule has 2 N–H and O–H groups in total. The van der Waals surface area contributed by atoms with Gasteiger partial charge in [0.25, 0.3) is 5.56 Å². The van der Waals surface area contributed by atoms with Crippen LogP contribution in [0, 0.1) is 5.92 Å². The molecule has 2 aromatic rings. The molecule has 0 spiro atoms. The minimum Gasteiger partial charge on any atom is -0.354 e. The maximum atomic E-state index is 12.2. The fraction of sp³-hybridized carbons (Fsp3) is 0.381. The van der Waals surface area contributed by atoms with Crippen molar-refractivity contribution in [3.8, 4) is 0 Å². The van der Waals surface area contributed by atoms with Gasteiger partial charge in [-0.25, -0.2) is 0 Å². The number of hydrogen-bond donors (Lipinski definition) is 2. The summed E-state index contributed by atoms with van der Waals surface area (Å²) in [5.74, 6) is 0.529. The highest BCUT2D eigenvalue weighted by Crippen LogP contribution is 2.34. The van der Waals surface area contributed by atoms with Gasteiger partial charge < -0.3 is 20.1 Å². The average molecular weight is 431 g/mol. The number of halogens is 1. The van der Waals surface area contributed by atoms with Gasteiger partial charge in [-0.05, 0) is 42.3 Å². The van der Waals surface area contributed by atoms with E-state index in [1.54, 1.807) is 12.1 Å². The molecule has 29 heavy (non-hydrogen) atoms. The van der Waals surface area contributed by atoms with Crippen molar-refractivity contribution < 1.29 is 4.79 Å². The van der Waals surface area contributed by atoms with Crippen LogP contribution < -0.4 is 16.2 Å². The standard InChI is InChI=1S/C21H23ClN4O2S/c22-17-5-2-1-4-15(17)9-23-19(27)10-24-21(29)25-11-14-8-16(13-25)18-6-3-7-20(28)26(18)12-14/h1-7,14,16H,8-13H2,(H,23,27)(H,24,29). The molecule has 1 aromatic carbocycles. The van der Waals surface area contributed by atoms with Crippen LogP contribution in [-0.4, -0.2) is 40.1 Å². The molecule has 2 atom stereocenters. The molecule has 2 bridgehead atoms. The molecule has 0 saturated carbocycles. The van der Waals surface area contributed by atoms with Crippen molar-refractivity contribution in [2.45, 2.75) is 25.4 Å². The van der Waals surface area contributed by atoms with Crippen LogP contribution in [0.25, 0.3) is 0 Å². The molecule has 2 unspecified atom stereocenters. The molecule has 1 fully saturated rings. The first-order chi connectivity index (χ1) is 14.0. The number of hydrogen-bond acceptors (Lipinski definition) is 3. The van der Waals surface area contributed by atoms with Crippen molar-refractivity contribution in [2.75, 3.05) is 19.6 Å². The molecule has 4 rings (SSSR count). The number of piperidine rings is 1. The molecule has 1 aromatic heterocycles. The number of nitrogens with zero attached hydrogens (tertiary/aromatic N) is 2. The summed E-state index contributed by atoms with van der Waals surface area (Å²) in [5.41, 5.74) is 2.03. The maximum absolute atomic E-state index is 12.2. The van der Waals surface area contributed by atoms with Crippen molar-refractivity contribution in [2.24, 2.45) is 5.92 Å². The lowest BCUT2D eigenvalue weighted by molar-refractivity contribution is -0.120. The second-order valence-electron chi connectivity index (χ2n) is 7.63. The highest BCUT2D eigenvalue weighted by molar-refractivity contribution is 7.80. The van der Waals surface area contributed by atoms with Gasteiger partial charge in [-0.3, -0.25) is 9.59 Å². The molecule has 2 aliphatic heterocycles. The van der Waals surface area contributed by atoms with Crippen molar-refractivity contribution in [1.82, 2.24) is 20.1 Å². The molecule has 0 aliphatic carbocycles. The van der Waals surface area contributed by atoms with E-state index in [1.165, 1.54) is 0 Å². The van der Waals surface area contributed by atoms with Gasteiger partial charge in [-0.2, -0.15) is 0 Å². The number of aromatic nitrogens is 1. The van der Waals surface area contributed by atoms with Crippen LogP contribution in [0.3, 0.4) is 0 Å². The Labute approximate surface area is 179 Å². The summed E-state index contributed by atoms with van der Waals surface area (Å²) in [5, 5.41) is 7.14. The zero-order valence-corrected chi connectivity index (χ0v) is 17.5. The first kappa shape index (κ1) is 19.9. The Hall–Kier alpha value is -2.38. The predicted molar refractivity (Wildman–Crippen MR) is 117 cm³/mol. The summed E-state index contributed by atoms with van der Waals surface area (Å²) in [7, 11) is 0. The van der Waals surface area contributed by atoms with Crippen molar-refractivity contribution in [3.05, 3.63) is 69.1 Å². The second-order valence-corrected chi connectivity index (χ2v) is 8.42. The fourth-order valence-corrected chi connectivity index (χ4v) is 4.65. The number of fused-ring (bicyclic) bond motifs is 4. The molecule has 8 heteroatoms. The molecule has 1 amide bonds. The van der Waals surface area contributed by atoms with Gasteiger partial charge in [0.05, 0.1) is 6.54 Å². The SMILES string of the molecule is O=C(CNC(=S)N1CC2CC(C1)c1cccc(=O)n1C2)NCc1ccccc1Cl. The van der Waals surface area contributed by atoms with Crippen LogP contribution in [0.2, 0.25) is 5.02 Å². The third-order valence-corrected chi connectivity index (χ3v) is 6.37. The average Bonchev–Trinajstić information content (AvgIpc) is 2.72. The second kappa shape index (κ2) is 8.55. The third kappa shape index (κ3) is 4.46. The summed E-state index contributed by atoms with van der Waals surface area (Å²) in [6, 6.07) is 12.9. The Morgan fingerprint density at radius 1 is 1.10 bits per heavy atom. The number of nitrogens with one attached hydrogen (secondary N) is 2. The number of amides is 1. The number of carbonyl (C=O) groups is 1. The lowest BCUT2D eigenvalue weighted by Crippen LogP contribution is -2.52. The monoisotopic (exact) mass is 430 g/mol. The summed E-state index contributed by atoms with van der Waals surface area (Å²) < 4.78 is 1.90. The normalized spacial score (nSPS) is 20.0. The smallest absolute Gasteiger partial charge is 0.250 e. The first-order valence-electron chi connectivity index (χ1n) is 9.74. The zero-order valence-electron chi connectivity index (χ0n) is 15.9. The third-order valence-electron chi connectivity index (χ3n) is 5.60. The molecular weight excluding hydrogens is 408 g/mol. The lowest BCUT2D eigenvalue weighted by atomic mass is 9.83. The Morgan fingerprint density at radius 2 is 1.93 bits per heavy atom. The molecule has 6 nitrogen and oxygen atoms in total. The Balaban J connectivity index is 1.30. The van der Waals surface area contributed by atoms with E-state index in [9.17, 15) is 9.59 Å². The lowest BCUT2D eigenvalue weighted by Gasteiger charge is -2.43. The van der Waals surface area contributed by atoms with Crippen LogP contribution in [0.5, 0.6) is 0 Å². The first-order valence-corrected chi connectivity index (χ1v) is 10.5. The fourth-order valence-electron chi connectivity index (χ4n) is 4.23. The van der Waals surface area contributed by atoms with E-state index in [4.69, 9.17) is 23.8 Å². The highest BCUT2D eigenvalue weighted by Gasteiger charge is 2.35. The van der Waals surface area contributed by atoms with E-state index in [1.807, 2.05) is 34.9 Å². The topological polar surface area (TPSA) is 66.4 Å². The van der Waals surface area contributed by atoms with Gasteiger partial charge in [-0.15, -0.1) is 0 Å². The number of thiocarbonyl (C=S) groups is 1. The van der Waals surface area contributed by atoms with E-state index in [0.29, 0.717) is 22.6 Å². The van der Waals surface area contributed by atoms with Gasteiger partial charge >= 0.3 is 0 Å². The highest BCUT2D eigenvalue weighted by atomic mass is 35.5. The van der Waals surface area contributed by atoms with Crippen LogP contribution in [-0.2, 0) is 17.9 Å². The minimum absolute atomic E-state index is 0.0709. The Kier molecular flexibility index (Phi) is 5.87. The summed E-state index contributed by atoms with van der Waals surface area (Å²) in [6.45, 7) is 2.78. The van der Waals surface area contributed by atoms with Crippen LogP contribution >= 0.6 is 23.8 Å². The number of carbonyl (C=O) groups excluding carboxylic acids is 1. The van der Waals surface area contributed by atoms with E-state index < -0.39 is 0 Å². The van der Waals surface area contributed by atoms with Gasteiger partial charge in [-0.1, -0.05) is 35.9 Å². The van der Waals surface area contributed by atoms with E-state index >= 15 is 0 Å². The van der Waals surface area contributed by atoms with Crippen LogP contribution in [0.15, 0.2) is 47.3 Å². The molecule has 152 valence electrons. The quantitative estimate of drug-likeness (QED) is 0.727.